The van der Waals surface area contributed by atoms with Gasteiger partial charge in [0.15, 0.2) is 0 Å². The molecule has 186 valence electrons. The minimum absolute atomic E-state index is 0.115. The van der Waals surface area contributed by atoms with E-state index >= 15 is 0 Å². The fourth-order valence-corrected chi connectivity index (χ4v) is 6.01. The van der Waals surface area contributed by atoms with E-state index in [0.29, 0.717) is 51.1 Å². The third-order valence-electron chi connectivity index (χ3n) is 6.42. The minimum atomic E-state index is -3.73. The van der Waals surface area contributed by atoms with Crippen molar-refractivity contribution in [3.05, 3.63) is 66.4 Å². The fraction of sp³-hybridized carbons (Fsp3) is 0.400. The lowest BCUT2D eigenvalue weighted by Gasteiger charge is -2.35. The monoisotopic (exact) mass is 497 g/mol. The number of hydrogen-bond donors (Lipinski definition) is 1. The van der Waals surface area contributed by atoms with E-state index in [0.717, 1.165) is 11.5 Å². The summed E-state index contributed by atoms with van der Waals surface area (Å²) in [5.41, 5.74) is 1.42. The Bertz CT molecular complexity index is 1190. The highest BCUT2D eigenvalue weighted by Gasteiger charge is 2.31. The number of piperidine rings is 1. The molecule has 1 atom stereocenters. The first kappa shape index (κ1) is 24.9. The molecule has 1 aromatic heterocycles. The van der Waals surface area contributed by atoms with Gasteiger partial charge in [-0.05, 0) is 62.2 Å². The molecule has 3 heterocycles. The van der Waals surface area contributed by atoms with Gasteiger partial charge in [0.2, 0.25) is 15.9 Å². The molecule has 10 heteroatoms. The van der Waals surface area contributed by atoms with Crippen LogP contribution in [0, 0.1) is 6.92 Å². The van der Waals surface area contributed by atoms with E-state index in [1.54, 1.807) is 17.0 Å². The van der Waals surface area contributed by atoms with Crippen LogP contribution in [0.2, 0.25) is 0 Å². The zero-order chi connectivity index (χ0) is 25.0. The van der Waals surface area contributed by atoms with Crippen LogP contribution >= 0.6 is 0 Å². The molecule has 2 aliphatic rings. The Hall–Kier alpha value is -3.24. The predicted molar refractivity (Wildman–Crippen MR) is 134 cm³/mol. The third-order valence-corrected chi connectivity index (χ3v) is 8.30. The highest BCUT2D eigenvalue weighted by atomic mass is 32.2. The molecule has 0 saturated carbocycles. The Labute approximate surface area is 206 Å². The maximum Gasteiger partial charge on any atom is 0.253 e. The molecule has 0 radical (unpaired) electrons. The first-order valence-electron chi connectivity index (χ1n) is 11.8. The van der Waals surface area contributed by atoms with Crippen LogP contribution in [0.1, 0.15) is 28.9 Å². The number of anilines is 1. The number of piperazine rings is 1. The zero-order valence-corrected chi connectivity index (χ0v) is 20.7. The van der Waals surface area contributed by atoms with Crippen molar-refractivity contribution in [1.29, 1.82) is 0 Å². The second-order valence-electron chi connectivity index (χ2n) is 8.86. The third kappa shape index (κ3) is 5.71. The molecule has 1 N–H and O–H groups in total. The van der Waals surface area contributed by atoms with Gasteiger partial charge < -0.3 is 15.1 Å². The van der Waals surface area contributed by atoms with Crippen molar-refractivity contribution in [3.63, 3.8) is 0 Å². The summed E-state index contributed by atoms with van der Waals surface area (Å²) >= 11 is 0. The number of carbonyl (C=O) groups is 2. The molecule has 0 spiro atoms. The summed E-state index contributed by atoms with van der Waals surface area (Å²) < 4.78 is 27.7. The van der Waals surface area contributed by atoms with Gasteiger partial charge in [-0.3, -0.25) is 9.59 Å². The van der Waals surface area contributed by atoms with E-state index in [4.69, 9.17) is 0 Å². The van der Waals surface area contributed by atoms with Crippen LogP contribution < -0.4 is 10.2 Å². The molecule has 0 bridgehead atoms. The van der Waals surface area contributed by atoms with Crippen molar-refractivity contribution in [1.82, 2.24) is 19.5 Å². The van der Waals surface area contributed by atoms with Crippen molar-refractivity contribution in [3.8, 4) is 0 Å². The van der Waals surface area contributed by atoms with Crippen molar-refractivity contribution in [2.24, 2.45) is 0 Å². The van der Waals surface area contributed by atoms with Crippen molar-refractivity contribution >= 4 is 27.7 Å². The summed E-state index contributed by atoms with van der Waals surface area (Å²) in [6.45, 7) is 8.51. The summed E-state index contributed by atoms with van der Waals surface area (Å²) in [6, 6.07) is 11.8. The second-order valence-corrected chi connectivity index (χ2v) is 10.8. The van der Waals surface area contributed by atoms with E-state index in [-0.39, 0.29) is 29.3 Å². The molecule has 0 unspecified atom stereocenters. The first-order valence-corrected chi connectivity index (χ1v) is 13.2. The first-order chi connectivity index (χ1) is 16.8. The Morgan fingerprint density at radius 2 is 1.77 bits per heavy atom. The summed E-state index contributed by atoms with van der Waals surface area (Å²) in [5.74, 6) is 0.486. The van der Waals surface area contributed by atoms with E-state index in [1.807, 2.05) is 25.1 Å². The molecule has 2 fully saturated rings. The maximum absolute atomic E-state index is 13.2. The van der Waals surface area contributed by atoms with E-state index < -0.39 is 10.0 Å². The second kappa shape index (κ2) is 10.6. The number of aryl methyl sites for hydroxylation is 1. The lowest BCUT2D eigenvalue weighted by molar-refractivity contribution is -0.117. The van der Waals surface area contributed by atoms with Gasteiger partial charge in [0, 0.05) is 56.6 Å². The average Bonchev–Trinajstić information content (AvgIpc) is 2.88. The van der Waals surface area contributed by atoms with Crippen LogP contribution in [-0.4, -0.2) is 79.7 Å². The molecule has 1 aromatic carbocycles. The lowest BCUT2D eigenvalue weighted by Crippen LogP contribution is -2.49. The van der Waals surface area contributed by atoms with Crippen LogP contribution in [0.4, 0.5) is 5.82 Å². The van der Waals surface area contributed by atoms with Gasteiger partial charge in [-0.15, -0.1) is 0 Å². The SMILES string of the molecule is C=CC(=O)N[C@H]1CCCN(S(=O)(=O)c2ccc(C(=O)N3CCN(c4cccc(C)n4)CC3)cc2)C1. The minimum Gasteiger partial charge on any atom is -0.353 e. The summed E-state index contributed by atoms with van der Waals surface area (Å²) in [7, 11) is -3.73. The molecule has 9 nitrogen and oxygen atoms in total. The number of hydrogen-bond acceptors (Lipinski definition) is 6. The van der Waals surface area contributed by atoms with Crippen molar-refractivity contribution in [2.45, 2.75) is 30.7 Å². The number of nitrogens with zero attached hydrogens (tertiary/aromatic N) is 4. The number of rotatable bonds is 6. The largest absolute Gasteiger partial charge is 0.353 e. The lowest BCUT2D eigenvalue weighted by atomic mass is 10.1. The zero-order valence-electron chi connectivity index (χ0n) is 19.9. The van der Waals surface area contributed by atoms with Gasteiger partial charge in [-0.2, -0.15) is 4.31 Å². The fourth-order valence-electron chi connectivity index (χ4n) is 4.48. The molecule has 2 saturated heterocycles. The summed E-state index contributed by atoms with van der Waals surface area (Å²) in [6.07, 6.45) is 2.55. The molecule has 0 aliphatic carbocycles. The van der Waals surface area contributed by atoms with Crippen LogP contribution in [-0.2, 0) is 14.8 Å². The van der Waals surface area contributed by atoms with Gasteiger partial charge in [0.25, 0.3) is 5.91 Å². The number of carbonyl (C=O) groups excluding carboxylic acids is 2. The Morgan fingerprint density at radius 3 is 2.43 bits per heavy atom. The average molecular weight is 498 g/mol. The molecular weight excluding hydrogens is 466 g/mol. The van der Waals surface area contributed by atoms with Gasteiger partial charge in [0.05, 0.1) is 4.90 Å². The van der Waals surface area contributed by atoms with Crippen LogP contribution in [0.5, 0.6) is 0 Å². The Morgan fingerprint density at radius 1 is 1.06 bits per heavy atom. The molecule has 2 aliphatic heterocycles. The number of aromatic nitrogens is 1. The van der Waals surface area contributed by atoms with E-state index in [1.165, 1.54) is 22.5 Å². The number of pyridine rings is 1. The maximum atomic E-state index is 13.2. The van der Waals surface area contributed by atoms with Crippen LogP contribution in [0.3, 0.4) is 0 Å². The highest BCUT2D eigenvalue weighted by Crippen LogP contribution is 2.22. The molecule has 2 amide bonds. The van der Waals surface area contributed by atoms with E-state index in [2.05, 4.69) is 21.8 Å². The smallest absolute Gasteiger partial charge is 0.253 e. The quantitative estimate of drug-likeness (QED) is 0.611. The number of sulfonamides is 1. The van der Waals surface area contributed by atoms with Crippen LogP contribution in [0.25, 0.3) is 0 Å². The Balaban J connectivity index is 1.38. The standard InChI is InChI=1S/C25H31N5O4S/c1-3-24(31)27-21-7-5-13-30(18-21)35(33,34)22-11-9-20(10-12-22)25(32)29-16-14-28(15-17-29)23-8-4-6-19(2)26-23/h3-4,6,8-12,21H,1,5,7,13-18H2,2H3,(H,27,31)/t21-/m0/s1. The number of amides is 2. The van der Waals surface area contributed by atoms with Gasteiger partial charge in [-0.25, -0.2) is 13.4 Å². The molecule has 2 aromatic rings. The normalized spacial score (nSPS) is 19.3. The van der Waals surface area contributed by atoms with Gasteiger partial charge in [-0.1, -0.05) is 12.6 Å². The number of benzene rings is 1. The summed E-state index contributed by atoms with van der Waals surface area (Å²) in [5, 5.41) is 2.78. The Kier molecular flexibility index (Phi) is 7.51. The van der Waals surface area contributed by atoms with Gasteiger partial charge >= 0.3 is 0 Å². The highest BCUT2D eigenvalue weighted by molar-refractivity contribution is 7.89. The van der Waals surface area contributed by atoms with Crippen LogP contribution in [0.15, 0.2) is 60.0 Å². The topological polar surface area (TPSA) is 103 Å². The van der Waals surface area contributed by atoms with Crippen molar-refractivity contribution < 1.29 is 18.0 Å². The van der Waals surface area contributed by atoms with Gasteiger partial charge in [0.1, 0.15) is 5.82 Å². The number of nitrogens with one attached hydrogen (secondary N) is 1. The predicted octanol–water partition coefficient (Wildman–Crippen LogP) is 1.81. The molecule has 35 heavy (non-hydrogen) atoms. The van der Waals surface area contributed by atoms with E-state index in [9.17, 15) is 18.0 Å². The van der Waals surface area contributed by atoms with Crippen molar-refractivity contribution in [2.75, 3.05) is 44.2 Å². The molecular formula is C25H31N5O4S. The molecule has 4 rings (SSSR count). The summed E-state index contributed by atoms with van der Waals surface area (Å²) in [4.78, 5) is 33.3.